The molecule has 0 spiro atoms. The van der Waals surface area contributed by atoms with Crippen molar-refractivity contribution in [3.63, 3.8) is 0 Å². The first-order valence-corrected chi connectivity index (χ1v) is 9.29. The lowest BCUT2D eigenvalue weighted by atomic mass is 9.89. The molecule has 1 fully saturated rings. The third-order valence-corrected chi connectivity index (χ3v) is 5.04. The van der Waals surface area contributed by atoms with Gasteiger partial charge in [0.05, 0.1) is 11.7 Å². The largest absolute Gasteiger partial charge is 0.444 e. The fraction of sp³-hybridized carbons (Fsp3) is 0.450. The van der Waals surface area contributed by atoms with Crippen LogP contribution in [0.25, 0.3) is 21.9 Å². The summed E-state index contributed by atoms with van der Waals surface area (Å²) in [5, 5.41) is 1.48. The van der Waals surface area contributed by atoms with Crippen LogP contribution in [0.4, 0.5) is 4.79 Å². The summed E-state index contributed by atoms with van der Waals surface area (Å²) in [5.41, 5.74) is 2.13. The third-order valence-electron chi connectivity index (χ3n) is 5.04. The molecule has 2 N–H and O–H groups in total. The van der Waals surface area contributed by atoms with Gasteiger partial charge in [0.1, 0.15) is 11.2 Å². The van der Waals surface area contributed by atoms with E-state index in [0.717, 1.165) is 23.7 Å². The fourth-order valence-corrected chi connectivity index (χ4v) is 3.73. The van der Waals surface area contributed by atoms with Crippen molar-refractivity contribution in [2.75, 3.05) is 13.1 Å². The van der Waals surface area contributed by atoms with E-state index in [9.17, 15) is 9.59 Å². The van der Waals surface area contributed by atoms with Gasteiger partial charge in [-0.25, -0.2) is 9.78 Å². The smallest absolute Gasteiger partial charge is 0.410 e. The summed E-state index contributed by atoms with van der Waals surface area (Å²) in [4.78, 5) is 36.2. The van der Waals surface area contributed by atoms with E-state index < -0.39 is 5.60 Å². The summed E-state index contributed by atoms with van der Waals surface area (Å²) in [5.74, 6) is 0.380. The van der Waals surface area contributed by atoms with Crippen molar-refractivity contribution in [3.05, 3.63) is 40.4 Å². The van der Waals surface area contributed by atoms with Crippen molar-refractivity contribution in [2.45, 2.75) is 45.1 Å². The van der Waals surface area contributed by atoms with Crippen LogP contribution in [0.2, 0.25) is 0 Å². The fourth-order valence-electron chi connectivity index (χ4n) is 3.73. The lowest BCUT2D eigenvalue weighted by molar-refractivity contribution is 0.0205. The minimum atomic E-state index is -0.472. The highest BCUT2D eigenvalue weighted by molar-refractivity contribution is 6.05. The second kappa shape index (κ2) is 6.40. The number of hydrogen-bond donors (Lipinski definition) is 2. The molecule has 142 valence electrons. The van der Waals surface area contributed by atoms with E-state index in [1.54, 1.807) is 4.90 Å². The van der Waals surface area contributed by atoms with Gasteiger partial charge >= 0.3 is 6.09 Å². The van der Waals surface area contributed by atoms with Crippen molar-refractivity contribution < 1.29 is 9.53 Å². The maximum Gasteiger partial charge on any atom is 0.410 e. The number of benzene rings is 1. The molecule has 1 aliphatic heterocycles. The van der Waals surface area contributed by atoms with Crippen LogP contribution >= 0.6 is 0 Å². The van der Waals surface area contributed by atoms with Crippen molar-refractivity contribution in [1.82, 2.24) is 19.9 Å². The first kappa shape index (κ1) is 17.6. The molecule has 0 radical (unpaired) electrons. The number of carbonyl (C=O) groups is 1. The van der Waals surface area contributed by atoms with E-state index >= 15 is 0 Å². The van der Waals surface area contributed by atoms with Crippen molar-refractivity contribution in [3.8, 4) is 0 Å². The number of rotatable bonds is 1. The molecule has 1 aromatic carbocycles. The number of hydrogen-bond acceptors (Lipinski definition) is 4. The van der Waals surface area contributed by atoms with Gasteiger partial charge < -0.3 is 19.6 Å². The van der Waals surface area contributed by atoms with Crippen LogP contribution in [0.3, 0.4) is 0 Å². The Labute approximate surface area is 156 Å². The SMILES string of the molecule is CC(C)(C)OC(=O)N1CCC(c2ccc3c(c2)[nH]c2nc[nH]c(=O)c23)CC1. The molecular formula is C20H24N4O3. The Bertz CT molecular complexity index is 1050. The summed E-state index contributed by atoms with van der Waals surface area (Å²) in [7, 11) is 0. The van der Waals surface area contributed by atoms with Crippen LogP contribution in [0, 0.1) is 0 Å². The van der Waals surface area contributed by atoms with Gasteiger partial charge in [-0.1, -0.05) is 12.1 Å². The molecule has 7 nitrogen and oxygen atoms in total. The molecule has 0 atom stereocenters. The standard InChI is InChI=1S/C20H24N4O3/c1-20(2,3)27-19(26)24-8-6-12(7-9-24)13-4-5-14-15(10-13)23-17-16(14)18(25)22-11-21-17/h4-5,10-12H,6-9H2,1-3H3,(H2,21,22,23,25). The van der Waals surface area contributed by atoms with Crippen LogP contribution < -0.4 is 5.56 Å². The van der Waals surface area contributed by atoms with Gasteiger partial charge in [-0.15, -0.1) is 0 Å². The number of amides is 1. The van der Waals surface area contributed by atoms with E-state index in [-0.39, 0.29) is 11.7 Å². The first-order chi connectivity index (χ1) is 12.8. The predicted octanol–water partition coefficient (Wildman–Crippen LogP) is 3.52. The van der Waals surface area contributed by atoms with Gasteiger partial charge in [0.15, 0.2) is 0 Å². The molecule has 2 aromatic heterocycles. The van der Waals surface area contributed by atoms with E-state index in [1.807, 2.05) is 26.8 Å². The molecule has 27 heavy (non-hydrogen) atoms. The first-order valence-electron chi connectivity index (χ1n) is 9.29. The number of aromatic nitrogens is 3. The van der Waals surface area contributed by atoms with Crippen LogP contribution in [0.1, 0.15) is 45.1 Å². The van der Waals surface area contributed by atoms with Gasteiger partial charge in [0.2, 0.25) is 0 Å². The number of piperidine rings is 1. The highest BCUT2D eigenvalue weighted by Gasteiger charge is 2.27. The Morgan fingerprint density at radius 1 is 1.26 bits per heavy atom. The normalized spacial score (nSPS) is 16.2. The van der Waals surface area contributed by atoms with Crippen molar-refractivity contribution in [2.24, 2.45) is 0 Å². The molecule has 0 saturated carbocycles. The number of nitrogens with zero attached hydrogens (tertiary/aromatic N) is 2. The molecule has 0 bridgehead atoms. The predicted molar refractivity (Wildman–Crippen MR) is 104 cm³/mol. The Morgan fingerprint density at radius 3 is 2.70 bits per heavy atom. The van der Waals surface area contributed by atoms with Crippen molar-refractivity contribution >= 4 is 28.0 Å². The zero-order valence-electron chi connectivity index (χ0n) is 15.8. The van der Waals surface area contributed by atoms with Crippen LogP contribution in [-0.4, -0.2) is 44.6 Å². The van der Waals surface area contributed by atoms with Crippen LogP contribution in [0.15, 0.2) is 29.3 Å². The highest BCUT2D eigenvalue weighted by Crippen LogP contribution is 2.31. The maximum atomic E-state index is 12.2. The third kappa shape index (κ3) is 3.41. The number of likely N-dealkylation sites (tertiary alicyclic amines) is 1. The molecular weight excluding hydrogens is 344 g/mol. The monoisotopic (exact) mass is 368 g/mol. The zero-order valence-corrected chi connectivity index (χ0v) is 15.8. The molecule has 0 unspecified atom stereocenters. The van der Waals surface area contributed by atoms with Gasteiger partial charge in [0.25, 0.3) is 5.56 Å². The topological polar surface area (TPSA) is 91.1 Å². The van der Waals surface area contributed by atoms with E-state index in [4.69, 9.17) is 4.74 Å². The Morgan fingerprint density at radius 2 is 2.00 bits per heavy atom. The average molecular weight is 368 g/mol. The summed E-state index contributed by atoms with van der Waals surface area (Å²) in [6.45, 7) is 7.02. The number of ether oxygens (including phenoxy) is 1. The van der Waals surface area contributed by atoms with Gasteiger partial charge in [-0.2, -0.15) is 0 Å². The molecule has 1 saturated heterocycles. The lowest BCUT2D eigenvalue weighted by Gasteiger charge is -2.33. The average Bonchev–Trinajstić information content (AvgIpc) is 2.99. The quantitative estimate of drug-likeness (QED) is 0.687. The van der Waals surface area contributed by atoms with E-state index in [1.165, 1.54) is 11.9 Å². The number of aromatic amines is 2. The van der Waals surface area contributed by atoms with Gasteiger partial charge in [0, 0.05) is 24.0 Å². The van der Waals surface area contributed by atoms with E-state index in [0.29, 0.717) is 30.0 Å². The maximum absolute atomic E-state index is 12.2. The number of H-pyrrole nitrogens is 2. The number of nitrogens with one attached hydrogen (secondary N) is 2. The summed E-state index contributed by atoms with van der Waals surface area (Å²) < 4.78 is 5.46. The Hall–Kier alpha value is -2.83. The van der Waals surface area contributed by atoms with Crippen LogP contribution in [-0.2, 0) is 4.74 Å². The summed E-state index contributed by atoms with van der Waals surface area (Å²) >= 11 is 0. The lowest BCUT2D eigenvalue weighted by Crippen LogP contribution is -2.41. The molecule has 3 aromatic rings. The summed E-state index contributed by atoms with van der Waals surface area (Å²) in [6, 6.07) is 6.17. The van der Waals surface area contributed by atoms with Gasteiger partial charge in [-0.3, -0.25) is 4.79 Å². The number of carbonyl (C=O) groups excluding carboxylic acids is 1. The number of fused-ring (bicyclic) bond motifs is 3. The molecule has 4 rings (SSSR count). The Kier molecular flexibility index (Phi) is 4.17. The highest BCUT2D eigenvalue weighted by atomic mass is 16.6. The van der Waals surface area contributed by atoms with Gasteiger partial charge in [-0.05, 0) is 51.2 Å². The molecule has 1 amide bonds. The second-order valence-electron chi connectivity index (χ2n) is 8.13. The second-order valence-corrected chi connectivity index (χ2v) is 8.13. The minimum Gasteiger partial charge on any atom is -0.444 e. The minimum absolute atomic E-state index is 0.135. The zero-order chi connectivity index (χ0) is 19.2. The van der Waals surface area contributed by atoms with E-state index in [2.05, 4.69) is 27.1 Å². The van der Waals surface area contributed by atoms with Crippen molar-refractivity contribution in [1.29, 1.82) is 0 Å². The Balaban J connectivity index is 1.52. The molecule has 7 heteroatoms. The molecule has 0 aliphatic carbocycles. The molecule has 3 heterocycles. The summed E-state index contributed by atoms with van der Waals surface area (Å²) in [6.07, 6.45) is 2.96. The molecule has 1 aliphatic rings. The van der Waals surface area contributed by atoms with Crippen LogP contribution in [0.5, 0.6) is 0 Å².